The molecule has 3 fully saturated rings. The second-order valence-electron chi connectivity index (χ2n) is 11.7. The SMILES string of the molecule is CC[C@@H](CO)N1C(=O)[C@@H]2[C@@H](C(=O)NCc3ccccc3)[C@@]3(CC)CCC2(O3)C1C(=O)Nc1ccc(N(CC)CC)cc1. The van der Waals surface area contributed by atoms with Crippen LogP contribution in [0, 0.1) is 11.8 Å². The molecule has 0 aromatic heterocycles. The van der Waals surface area contributed by atoms with Crippen molar-refractivity contribution in [1.29, 1.82) is 0 Å². The molecule has 9 heteroatoms. The van der Waals surface area contributed by atoms with Crippen molar-refractivity contribution in [3.63, 3.8) is 0 Å². The fourth-order valence-corrected chi connectivity index (χ4v) is 7.61. The number of hydrogen-bond donors (Lipinski definition) is 3. The van der Waals surface area contributed by atoms with Crippen LogP contribution in [0.1, 0.15) is 58.9 Å². The van der Waals surface area contributed by atoms with Gasteiger partial charge >= 0.3 is 0 Å². The van der Waals surface area contributed by atoms with Crippen LogP contribution in [-0.2, 0) is 25.7 Å². The number of likely N-dealkylation sites (tertiary alicyclic amines) is 1. The summed E-state index contributed by atoms with van der Waals surface area (Å²) in [6.07, 6.45) is 2.11. The molecule has 3 N–H and O–H groups in total. The quantitative estimate of drug-likeness (QED) is 0.355. The molecule has 5 rings (SSSR count). The number of ether oxygens (including phenoxy) is 1. The van der Waals surface area contributed by atoms with E-state index in [0.717, 1.165) is 24.3 Å². The van der Waals surface area contributed by atoms with Gasteiger partial charge in [0.25, 0.3) is 0 Å². The highest BCUT2D eigenvalue weighted by molar-refractivity contribution is 6.04. The third-order valence-corrected chi connectivity index (χ3v) is 9.80. The van der Waals surface area contributed by atoms with Crippen molar-refractivity contribution in [1.82, 2.24) is 10.2 Å². The first-order chi connectivity index (χ1) is 20.3. The molecule has 3 aliphatic rings. The summed E-state index contributed by atoms with van der Waals surface area (Å²) in [5, 5.41) is 16.4. The number of benzene rings is 2. The largest absolute Gasteiger partial charge is 0.394 e. The van der Waals surface area contributed by atoms with Gasteiger partial charge in [-0.1, -0.05) is 44.2 Å². The first kappa shape index (κ1) is 30.0. The summed E-state index contributed by atoms with van der Waals surface area (Å²) in [6.45, 7) is 9.88. The van der Waals surface area contributed by atoms with Gasteiger partial charge in [0.15, 0.2) is 0 Å². The molecule has 2 aromatic carbocycles. The highest BCUT2D eigenvalue weighted by Gasteiger charge is 2.79. The van der Waals surface area contributed by atoms with E-state index in [4.69, 9.17) is 4.74 Å². The van der Waals surface area contributed by atoms with E-state index in [0.29, 0.717) is 37.9 Å². The van der Waals surface area contributed by atoms with Gasteiger partial charge in [0, 0.05) is 31.0 Å². The molecule has 3 heterocycles. The molecular weight excluding hydrogens is 532 g/mol. The molecule has 0 radical (unpaired) electrons. The van der Waals surface area contributed by atoms with Crippen LogP contribution in [0.15, 0.2) is 54.6 Å². The van der Waals surface area contributed by atoms with Crippen molar-refractivity contribution in [2.45, 2.75) is 83.2 Å². The number of rotatable bonds is 12. The molecule has 2 bridgehead atoms. The predicted octanol–water partition coefficient (Wildman–Crippen LogP) is 3.71. The molecule has 0 saturated carbocycles. The second-order valence-corrected chi connectivity index (χ2v) is 11.7. The average Bonchev–Trinajstić information content (AvgIpc) is 3.62. The minimum atomic E-state index is -1.14. The number of carbonyl (C=O) groups excluding carboxylic acids is 3. The Morgan fingerprint density at radius 2 is 1.71 bits per heavy atom. The Morgan fingerprint density at radius 3 is 2.31 bits per heavy atom. The Kier molecular flexibility index (Phi) is 8.62. The first-order valence-corrected chi connectivity index (χ1v) is 15.4. The highest BCUT2D eigenvalue weighted by Crippen LogP contribution is 2.64. The summed E-state index contributed by atoms with van der Waals surface area (Å²) in [7, 11) is 0. The number of hydrogen-bond acceptors (Lipinski definition) is 6. The van der Waals surface area contributed by atoms with E-state index < -0.39 is 35.1 Å². The Labute approximate surface area is 248 Å². The van der Waals surface area contributed by atoms with E-state index in [9.17, 15) is 19.5 Å². The van der Waals surface area contributed by atoms with Crippen LogP contribution in [0.25, 0.3) is 0 Å². The van der Waals surface area contributed by atoms with Crippen molar-refractivity contribution in [2.75, 3.05) is 29.9 Å². The summed E-state index contributed by atoms with van der Waals surface area (Å²) in [4.78, 5) is 46.1. The lowest BCUT2D eigenvalue weighted by Gasteiger charge is -2.37. The van der Waals surface area contributed by atoms with Gasteiger partial charge in [0.1, 0.15) is 11.6 Å². The van der Waals surface area contributed by atoms with Crippen molar-refractivity contribution in [3.8, 4) is 0 Å². The van der Waals surface area contributed by atoms with Gasteiger partial charge in [0.05, 0.1) is 30.1 Å². The smallest absolute Gasteiger partial charge is 0.250 e. The lowest BCUT2D eigenvalue weighted by atomic mass is 9.65. The Bertz CT molecular complexity index is 1280. The Hall–Kier alpha value is -3.43. The predicted molar refractivity (Wildman–Crippen MR) is 162 cm³/mol. The number of aliphatic hydroxyl groups is 1. The van der Waals surface area contributed by atoms with Crippen molar-refractivity contribution in [3.05, 3.63) is 60.2 Å². The maximum atomic E-state index is 14.3. The second kappa shape index (κ2) is 12.1. The van der Waals surface area contributed by atoms with Crippen LogP contribution in [0.5, 0.6) is 0 Å². The average molecular weight is 577 g/mol. The van der Waals surface area contributed by atoms with E-state index in [2.05, 4.69) is 29.4 Å². The van der Waals surface area contributed by atoms with Gasteiger partial charge in [0.2, 0.25) is 17.7 Å². The molecule has 3 aliphatic heterocycles. The molecule has 3 saturated heterocycles. The van der Waals surface area contributed by atoms with Crippen molar-refractivity contribution < 1.29 is 24.2 Å². The zero-order valence-corrected chi connectivity index (χ0v) is 25.1. The summed E-state index contributed by atoms with van der Waals surface area (Å²) in [5.74, 6) is -2.40. The maximum absolute atomic E-state index is 14.3. The number of nitrogens with zero attached hydrogens (tertiary/aromatic N) is 2. The maximum Gasteiger partial charge on any atom is 0.250 e. The van der Waals surface area contributed by atoms with Gasteiger partial charge in [-0.15, -0.1) is 0 Å². The molecular formula is C33H44N4O5. The zero-order valence-electron chi connectivity index (χ0n) is 25.1. The molecule has 226 valence electrons. The zero-order chi connectivity index (χ0) is 30.1. The molecule has 42 heavy (non-hydrogen) atoms. The van der Waals surface area contributed by atoms with Gasteiger partial charge < -0.3 is 30.3 Å². The van der Waals surface area contributed by atoms with Crippen LogP contribution in [-0.4, -0.2) is 70.7 Å². The number of nitrogens with one attached hydrogen (secondary N) is 2. The standard InChI is InChI=1S/C33H44N4O5/c1-5-24(21-38)37-28(30(40)35-23-14-16-25(17-15-23)36(7-3)8-4)33-19-18-32(6-2,42-33)26(27(33)31(37)41)29(39)34-20-22-12-10-9-11-13-22/h9-17,24,26-28,38H,5-8,18-21H2,1-4H3,(H,34,39)(H,35,40)/t24-,26-,27-,28?,32+,33?/m0/s1. The Balaban J connectivity index is 1.46. The van der Waals surface area contributed by atoms with Gasteiger partial charge in [-0.2, -0.15) is 0 Å². The minimum Gasteiger partial charge on any atom is -0.394 e. The molecule has 1 spiro atoms. The van der Waals surface area contributed by atoms with Gasteiger partial charge in [-0.3, -0.25) is 14.4 Å². The molecule has 3 amide bonds. The monoisotopic (exact) mass is 576 g/mol. The van der Waals surface area contributed by atoms with Crippen LogP contribution in [0.4, 0.5) is 11.4 Å². The van der Waals surface area contributed by atoms with Crippen molar-refractivity contribution in [2.24, 2.45) is 11.8 Å². The van der Waals surface area contributed by atoms with Crippen LogP contribution < -0.4 is 15.5 Å². The lowest BCUT2D eigenvalue weighted by molar-refractivity contribution is -0.149. The number of aliphatic hydroxyl groups excluding tert-OH is 1. The van der Waals surface area contributed by atoms with Crippen molar-refractivity contribution >= 4 is 29.1 Å². The van der Waals surface area contributed by atoms with Crippen LogP contribution in [0.2, 0.25) is 0 Å². The molecule has 2 unspecified atom stereocenters. The highest BCUT2D eigenvalue weighted by atomic mass is 16.5. The van der Waals surface area contributed by atoms with E-state index in [-0.39, 0.29) is 24.3 Å². The third-order valence-electron chi connectivity index (χ3n) is 9.80. The van der Waals surface area contributed by atoms with E-state index in [1.807, 2.05) is 68.4 Å². The summed E-state index contributed by atoms with van der Waals surface area (Å²) in [5.41, 5.74) is 0.682. The number of carbonyl (C=O) groups is 3. The van der Waals surface area contributed by atoms with E-state index in [1.165, 1.54) is 4.90 Å². The fourth-order valence-electron chi connectivity index (χ4n) is 7.61. The molecule has 0 aliphatic carbocycles. The third kappa shape index (κ3) is 4.86. The topological polar surface area (TPSA) is 111 Å². The minimum absolute atomic E-state index is 0.231. The molecule has 2 aromatic rings. The first-order valence-electron chi connectivity index (χ1n) is 15.4. The number of anilines is 2. The summed E-state index contributed by atoms with van der Waals surface area (Å²) < 4.78 is 6.82. The van der Waals surface area contributed by atoms with E-state index in [1.54, 1.807) is 0 Å². The lowest BCUT2D eigenvalue weighted by Crippen LogP contribution is -2.56. The van der Waals surface area contributed by atoms with Gasteiger partial charge in [-0.25, -0.2) is 0 Å². The molecule has 9 nitrogen and oxygen atoms in total. The summed E-state index contributed by atoms with van der Waals surface area (Å²) >= 11 is 0. The van der Waals surface area contributed by atoms with E-state index >= 15 is 0 Å². The number of amides is 3. The van der Waals surface area contributed by atoms with Crippen LogP contribution in [0.3, 0.4) is 0 Å². The Morgan fingerprint density at radius 1 is 1.02 bits per heavy atom. The van der Waals surface area contributed by atoms with Crippen LogP contribution >= 0.6 is 0 Å². The number of fused-ring (bicyclic) bond motifs is 1. The summed E-state index contributed by atoms with van der Waals surface area (Å²) in [6, 6.07) is 15.8. The fraction of sp³-hybridized carbons (Fsp3) is 0.545. The normalized spacial score (nSPS) is 28.5. The molecule has 6 atom stereocenters. The van der Waals surface area contributed by atoms with Gasteiger partial charge in [-0.05, 0) is 69.4 Å².